The van der Waals surface area contributed by atoms with Crippen molar-refractivity contribution in [1.29, 1.82) is 0 Å². The molecule has 0 unspecified atom stereocenters. The fraction of sp³-hybridized carbons (Fsp3) is 0.750. The smallest absolute Gasteiger partial charge is 0.429 e. The van der Waals surface area contributed by atoms with Gasteiger partial charge < -0.3 is 9.47 Å². The van der Waals surface area contributed by atoms with Gasteiger partial charge in [-0.2, -0.15) is 0 Å². The van der Waals surface area contributed by atoms with Crippen LogP contribution in [0.1, 0.15) is 34.6 Å². The Balaban J connectivity index is 5.07. The molecule has 1 atom stereocenters. The number of nitrogens with one attached hydrogen (secondary N) is 1. The predicted molar refractivity (Wildman–Crippen MR) is 68.3 cm³/mol. The summed E-state index contributed by atoms with van der Waals surface area (Å²) in [6.07, 6.45) is -1.59. The Morgan fingerprint density at radius 1 is 1.11 bits per heavy atom. The third-order valence-corrected chi connectivity index (χ3v) is 2.28. The second kappa shape index (κ2) is 8.34. The molecule has 0 rings (SSSR count). The molecule has 1 N–H and O–H groups in total. The Morgan fingerprint density at radius 2 is 1.63 bits per heavy atom. The number of hydrazine groups is 1. The summed E-state index contributed by atoms with van der Waals surface area (Å²) in [4.78, 5) is 34.9. The lowest BCUT2D eigenvalue weighted by molar-refractivity contribution is -0.124. The third-order valence-electron chi connectivity index (χ3n) is 2.28. The van der Waals surface area contributed by atoms with Crippen LogP contribution in [-0.4, -0.2) is 42.2 Å². The molecule has 7 nitrogen and oxygen atoms in total. The zero-order chi connectivity index (χ0) is 15.0. The van der Waals surface area contributed by atoms with Gasteiger partial charge in [0.25, 0.3) is 0 Å². The Kier molecular flexibility index (Phi) is 7.55. The van der Waals surface area contributed by atoms with Gasteiger partial charge in [-0.05, 0) is 26.7 Å². The first kappa shape index (κ1) is 17.2. The Labute approximate surface area is 113 Å². The van der Waals surface area contributed by atoms with Gasteiger partial charge in [-0.3, -0.25) is 4.79 Å². The van der Waals surface area contributed by atoms with Crippen LogP contribution in [0.15, 0.2) is 0 Å². The van der Waals surface area contributed by atoms with Gasteiger partial charge >= 0.3 is 12.2 Å². The molecule has 0 saturated carbocycles. The third kappa shape index (κ3) is 5.58. The van der Waals surface area contributed by atoms with Crippen molar-refractivity contribution in [1.82, 2.24) is 10.4 Å². The summed E-state index contributed by atoms with van der Waals surface area (Å²) in [6.45, 7) is 8.47. The van der Waals surface area contributed by atoms with E-state index in [0.29, 0.717) is 0 Å². The first-order valence-corrected chi connectivity index (χ1v) is 6.24. The number of ether oxygens (including phenoxy) is 2. The van der Waals surface area contributed by atoms with Crippen LogP contribution in [0.2, 0.25) is 0 Å². The van der Waals surface area contributed by atoms with E-state index in [9.17, 15) is 14.4 Å². The maximum atomic E-state index is 11.8. The number of hydrogen-bond donors (Lipinski definition) is 1. The maximum absolute atomic E-state index is 11.8. The van der Waals surface area contributed by atoms with Gasteiger partial charge in [0.2, 0.25) is 0 Å². The monoisotopic (exact) mass is 274 g/mol. The van der Waals surface area contributed by atoms with Crippen molar-refractivity contribution in [2.45, 2.75) is 40.7 Å². The number of hydrogen-bond acceptors (Lipinski definition) is 5. The number of nitrogens with zero attached hydrogens (tertiary/aromatic N) is 1. The SMILES string of the molecule is CCOC(=O)NN(C(=O)OCC)[C@@H](C(C)=O)C(C)C. The van der Waals surface area contributed by atoms with E-state index in [1.165, 1.54) is 6.92 Å². The van der Waals surface area contributed by atoms with Crippen LogP contribution in [0.25, 0.3) is 0 Å². The molecular formula is C12H22N2O5. The molecule has 0 aliphatic rings. The number of carbonyl (C=O) groups excluding carboxylic acids is 3. The number of Topliss-reactive ketones (excluding diaryl/α,β-unsaturated/α-hetero) is 1. The van der Waals surface area contributed by atoms with E-state index in [2.05, 4.69) is 5.43 Å². The summed E-state index contributed by atoms with van der Waals surface area (Å²) in [5.74, 6) is -0.427. The molecule has 0 radical (unpaired) electrons. The molecule has 0 aliphatic heterocycles. The van der Waals surface area contributed by atoms with Crippen LogP contribution in [0.4, 0.5) is 9.59 Å². The molecule has 0 spiro atoms. The average molecular weight is 274 g/mol. The maximum Gasteiger partial charge on any atom is 0.429 e. The van der Waals surface area contributed by atoms with E-state index in [1.807, 2.05) is 0 Å². The summed E-state index contributed by atoms with van der Waals surface area (Å²) < 4.78 is 9.53. The largest absolute Gasteiger partial charge is 0.449 e. The van der Waals surface area contributed by atoms with E-state index in [1.54, 1.807) is 27.7 Å². The molecule has 0 bridgehead atoms. The van der Waals surface area contributed by atoms with Crippen molar-refractivity contribution in [3.05, 3.63) is 0 Å². The van der Waals surface area contributed by atoms with Crippen molar-refractivity contribution in [3.63, 3.8) is 0 Å². The van der Waals surface area contributed by atoms with Crippen LogP contribution in [0, 0.1) is 5.92 Å². The lowest BCUT2D eigenvalue weighted by atomic mass is 10.0. The average Bonchev–Trinajstić information content (AvgIpc) is 2.27. The predicted octanol–water partition coefficient (Wildman–Crippen LogP) is 1.72. The molecule has 19 heavy (non-hydrogen) atoms. The van der Waals surface area contributed by atoms with E-state index in [-0.39, 0.29) is 24.9 Å². The topological polar surface area (TPSA) is 84.9 Å². The molecular weight excluding hydrogens is 252 g/mol. The zero-order valence-electron chi connectivity index (χ0n) is 12.1. The van der Waals surface area contributed by atoms with Gasteiger partial charge in [0.05, 0.1) is 13.2 Å². The molecule has 7 heteroatoms. The fourth-order valence-corrected chi connectivity index (χ4v) is 1.63. The molecule has 0 aliphatic carbocycles. The fourth-order valence-electron chi connectivity index (χ4n) is 1.63. The van der Waals surface area contributed by atoms with Gasteiger partial charge in [-0.15, -0.1) is 0 Å². The van der Waals surface area contributed by atoms with E-state index >= 15 is 0 Å². The van der Waals surface area contributed by atoms with E-state index in [4.69, 9.17) is 9.47 Å². The lowest BCUT2D eigenvalue weighted by Gasteiger charge is -2.31. The van der Waals surface area contributed by atoms with E-state index in [0.717, 1.165) is 5.01 Å². The highest BCUT2D eigenvalue weighted by atomic mass is 16.6. The molecule has 0 aromatic carbocycles. The van der Waals surface area contributed by atoms with Crippen LogP contribution >= 0.6 is 0 Å². The normalized spacial score (nSPS) is 11.7. The highest BCUT2D eigenvalue weighted by Crippen LogP contribution is 2.12. The summed E-state index contributed by atoms with van der Waals surface area (Å²) in [5.41, 5.74) is 2.24. The summed E-state index contributed by atoms with van der Waals surface area (Å²) >= 11 is 0. The van der Waals surface area contributed by atoms with Crippen LogP contribution in [-0.2, 0) is 14.3 Å². The van der Waals surface area contributed by atoms with Gasteiger partial charge in [0.1, 0.15) is 6.04 Å². The second-order valence-electron chi connectivity index (χ2n) is 4.20. The molecule has 0 heterocycles. The molecule has 0 saturated heterocycles. The first-order valence-electron chi connectivity index (χ1n) is 6.24. The van der Waals surface area contributed by atoms with Gasteiger partial charge in [-0.25, -0.2) is 20.0 Å². The number of carbonyl (C=O) groups is 3. The van der Waals surface area contributed by atoms with E-state index < -0.39 is 18.2 Å². The van der Waals surface area contributed by atoms with Crippen LogP contribution < -0.4 is 5.43 Å². The molecule has 2 amide bonds. The highest BCUT2D eigenvalue weighted by molar-refractivity contribution is 5.86. The minimum Gasteiger partial charge on any atom is -0.449 e. The van der Waals surface area contributed by atoms with Crippen molar-refractivity contribution in [3.8, 4) is 0 Å². The van der Waals surface area contributed by atoms with Crippen molar-refractivity contribution < 1.29 is 23.9 Å². The Morgan fingerprint density at radius 3 is 2.00 bits per heavy atom. The van der Waals surface area contributed by atoms with Crippen LogP contribution in [0.5, 0.6) is 0 Å². The molecule has 110 valence electrons. The second-order valence-corrected chi connectivity index (χ2v) is 4.20. The number of rotatable bonds is 5. The summed E-state index contributed by atoms with van der Waals surface area (Å²) in [7, 11) is 0. The van der Waals surface area contributed by atoms with Gasteiger partial charge in [0.15, 0.2) is 5.78 Å². The summed E-state index contributed by atoms with van der Waals surface area (Å²) in [6, 6.07) is -0.802. The number of ketones is 1. The summed E-state index contributed by atoms with van der Waals surface area (Å²) in [5, 5.41) is 0.883. The van der Waals surface area contributed by atoms with Gasteiger partial charge in [-0.1, -0.05) is 13.8 Å². The van der Waals surface area contributed by atoms with Crippen molar-refractivity contribution in [2.75, 3.05) is 13.2 Å². The molecule has 0 aromatic heterocycles. The van der Waals surface area contributed by atoms with Crippen molar-refractivity contribution >= 4 is 18.0 Å². The first-order chi connectivity index (χ1) is 8.84. The Hall–Kier alpha value is -1.79. The van der Waals surface area contributed by atoms with Crippen molar-refractivity contribution in [2.24, 2.45) is 5.92 Å². The van der Waals surface area contributed by atoms with Crippen LogP contribution in [0.3, 0.4) is 0 Å². The highest BCUT2D eigenvalue weighted by Gasteiger charge is 2.33. The molecule has 0 aromatic rings. The van der Waals surface area contributed by atoms with Gasteiger partial charge in [0, 0.05) is 0 Å². The Bertz CT molecular complexity index is 330. The number of amides is 2. The minimum absolute atomic E-state index is 0.141. The molecule has 0 fully saturated rings. The zero-order valence-corrected chi connectivity index (χ0v) is 12.1. The standard InChI is InChI=1S/C12H22N2O5/c1-6-18-11(16)13-14(12(17)19-7-2)10(8(3)4)9(5)15/h8,10H,6-7H2,1-5H3,(H,13,16)/t10-/m1/s1. The lowest BCUT2D eigenvalue weighted by Crippen LogP contribution is -2.56. The quantitative estimate of drug-likeness (QED) is 0.771. The minimum atomic E-state index is -0.803.